The van der Waals surface area contributed by atoms with Gasteiger partial charge in [0.1, 0.15) is 17.7 Å². The van der Waals surface area contributed by atoms with Crippen LogP contribution in [0.15, 0.2) is 12.1 Å². The molecule has 5 heteroatoms. The normalized spacial score (nSPS) is 12.3. The van der Waals surface area contributed by atoms with Crippen LogP contribution in [0.2, 0.25) is 0 Å². The predicted molar refractivity (Wildman–Crippen MR) is 59.4 cm³/mol. The minimum absolute atomic E-state index is 0.00815. The Bertz CT molecular complexity index is 421. The van der Waals surface area contributed by atoms with Gasteiger partial charge in [-0.1, -0.05) is 6.07 Å². The molecule has 0 aliphatic heterocycles. The molecule has 0 saturated heterocycles. The lowest BCUT2D eigenvalue weighted by Crippen LogP contribution is -2.34. The van der Waals surface area contributed by atoms with Crippen LogP contribution in [0.5, 0.6) is 0 Å². The number of halogens is 2. The topological polar surface area (TPSA) is 52.3 Å². The van der Waals surface area contributed by atoms with Crippen molar-refractivity contribution in [2.45, 2.75) is 26.3 Å². The van der Waals surface area contributed by atoms with Crippen molar-refractivity contribution in [1.82, 2.24) is 0 Å². The van der Waals surface area contributed by atoms with Gasteiger partial charge in [0.05, 0.1) is 6.61 Å². The molecule has 1 aromatic rings. The van der Waals surface area contributed by atoms with E-state index in [0.29, 0.717) is 0 Å². The molecule has 2 N–H and O–H groups in total. The van der Waals surface area contributed by atoms with Gasteiger partial charge in [-0.2, -0.15) is 0 Å². The van der Waals surface area contributed by atoms with Gasteiger partial charge in [0.15, 0.2) is 0 Å². The molecular weight excluding hydrogens is 228 g/mol. The highest BCUT2D eigenvalue weighted by atomic mass is 19.1. The fourth-order valence-electron chi connectivity index (χ4n) is 1.44. The maximum Gasteiger partial charge on any atom is 0.323 e. The van der Waals surface area contributed by atoms with Crippen molar-refractivity contribution in [2.75, 3.05) is 6.61 Å². The standard InChI is InChI=1S/C12H15F2NO2/c1-3-17-12(16)10(15)6-8-4-5-9(13)7(2)11(8)14/h4-5,10H,3,6,15H2,1-2H3. The van der Waals surface area contributed by atoms with Crippen LogP contribution in [0.4, 0.5) is 8.78 Å². The molecule has 0 radical (unpaired) electrons. The smallest absolute Gasteiger partial charge is 0.323 e. The summed E-state index contributed by atoms with van der Waals surface area (Å²) in [6.07, 6.45) is -0.00815. The van der Waals surface area contributed by atoms with Gasteiger partial charge in [-0.3, -0.25) is 4.79 Å². The summed E-state index contributed by atoms with van der Waals surface area (Å²) in [5, 5.41) is 0. The van der Waals surface area contributed by atoms with Gasteiger partial charge in [-0.25, -0.2) is 8.78 Å². The van der Waals surface area contributed by atoms with Gasteiger partial charge in [-0.05, 0) is 25.5 Å². The van der Waals surface area contributed by atoms with Crippen molar-refractivity contribution in [1.29, 1.82) is 0 Å². The number of rotatable bonds is 4. The van der Waals surface area contributed by atoms with E-state index >= 15 is 0 Å². The Hall–Kier alpha value is -1.49. The molecule has 0 amide bonds. The molecule has 1 atom stereocenters. The molecular formula is C12H15F2NO2. The third-order valence-corrected chi connectivity index (χ3v) is 2.43. The van der Waals surface area contributed by atoms with Crippen molar-refractivity contribution in [3.63, 3.8) is 0 Å². The molecule has 1 aromatic carbocycles. The monoisotopic (exact) mass is 243 g/mol. The highest BCUT2D eigenvalue weighted by Gasteiger charge is 2.18. The van der Waals surface area contributed by atoms with Crippen LogP contribution in [0.1, 0.15) is 18.1 Å². The van der Waals surface area contributed by atoms with Crippen molar-refractivity contribution in [3.8, 4) is 0 Å². The lowest BCUT2D eigenvalue weighted by Gasteiger charge is -2.12. The molecule has 0 bridgehead atoms. The number of hydrogen-bond donors (Lipinski definition) is 1. The van der Waals surface area contributed by atoms with Crippen LogP contribution in [0.25, 0.3) is 0 Å². The summed E-state index contributed by atoms with van der Waals surface area (Å²) in [6.45, 7) is 3.22. The maximum atomic E-state index is 13.6. The summed E-state index contributed by atoms with van der Waals surface area (Å²) in [6, 6.07) is 1.51. The minimum Gasteiger partial charge on any atom is -0.465 e. The predicted octanol–water partition coefficient (Wildman–Crippen LogP) is 1.71. The lowest BCUT2D eigenvalue weighted by molar-refractivity contribution is -0.144. The van der Waals surface area contributed by atoms with E-state index < -0.39 is 23.6 Å². The highest BCUT2D eigenvalue weighted by molar-refractivity contribution is 5.75. The summed E-state index contributed by atoms with van der Waals surface area (Å²) in [4.78, 5) is 11.3. The molecule has 94 valence electrons. The molecule has 1 rings (SSSR count). The molecule has 0 aromatic heterocycles. The third-order valence-electron chi connectivity index (χ3n) is 2.43. The Kier molecular flexibility index (Phi) is 4.57. The van der Waals surface area contributed by atoms with Crippen molar-refractivity contribution < 1.29 is 18.3 Å². The first kappa shape index (κ1) is 13.6. The number of nitrogens with two attached hydrogens (primary N) is 1. The van der Waals surface area contributed by atoms with Gasteiger partial charge in [-0.15, -0.1) is 0 Å². The first-order valence-corrected chi connectivity index (χ1v) is 5.33. The van der Waals surface area contributed by atoms with Gasteiger partial charge in [0, 0.05) is 12.0 Å². The molecule has 17 heavy (non-hydrogen) atoms. The van der Waals surface area contributed by atoms with Crippen molar-refractivity contribution in [2.24, 2.45) is 5.73 Å². The highest BCUT2D eigenvalue weighted by Crippen LogP contribution is 2.17. The van der Waals surface area contributed by atoms with E-state index in [2.05, 4.69) is 0 Å². The number of hydrogen-bond acceptors (Lipinski definition) is 3. The number of esters is 1. The zero-order chi connectivity index (χ0) is 13.0. The van der Waals surface area contributed by atoms with Crippen molar-refractivity contribution in [3.05, 3.63) is 34.9 Å². The van der Waals surface area contributed by atoms with Crippen LogP contribution >= 0.6 is 0 Å². The first-order valence-electron chi connectivity index (χ1n) is 5.33. The van der Waals surface area contributed by atoms with Gasteiger partial charge in [0.2, 0.25) is 0 Å². The largest absolute Gasteiger partial charge is 0.465 e. The maximum absolute atomic E-state index is 13.6. The quantitative estimate of drug-likeness (QED) is 0.819. The second-order valence-corrected chi connectivity index (χ2v) is 3.71. The van der Waals surface area contributed by atoms with E-state index in [0.717, 1.165) is 6.07 Å². The van der Waals surface area contributed by atoms with Crippen LogP contribution in [-0.4, -0.2) is 18.6 Å². The number of carbonyl (C=O) groups is 1. The fraction of sp³-hybridized carbons (Fsp3) is 0.417. The van der Waals surface area contributed by atoms with E-state index in [4.69, 9.17) is 10.5 Å². The Morgan fingerprint density at radius 3 is 2.71 bits per heavy atom. The molecule has 1 unspecified atom stereocenters. The van der Waals surface area contributed by atoms with Crippen LogP contribution in [0, 0.1) is 18.6 Å². The van der Waals surface area contributed by atoms with E-state index in [-0.39, 0.29) is 24.2 Å². The van der Waals surface area contributed by atoms with E-state index in [1.165, 1.54) is 13.0 Å². The van der Waals surface area contributed by atoms with E-state index in [1.807, 2.05) is 0 Å². The average Bonchev–Trinajstić information content (AvgIpc) is 2.30. The lowest BCUT2D eigenvalue weighted by atomic mass is 10.0. The van der Waals surface area contributed by atoms with Gasteiger partial charge < -0.3 is 10.5 Å². The Morgan fingerprint density at radius 2 is 2.12 bits per heavy atom. The molecule has 0 saturated carbocycles. The first-order chi connectivity index (χ1) is 7.97. The summed E-state index contributed by atoms with van der Waals surface area (Å²) in [7, 11) is 0. The SMILES string of the molecule is CCOC(=O)C(N)Cc1ccc(F)c(C)c1F. The summed E-state index contributed by atoms with van der Waals surface area (Å²) >= 11 is 0. The Morgan fingerprint density at radius 1 is 1.47 bits per heavy atom. The summed E-state index contributed by atoms with van der Waals surface area (Å²) in [5.74, 6) is -1.87. The number of ether oxygens (including phenoxy) is 1. The zero-order valence-electron chi connectivity index (χ0n) is 9.80. The molecule has 0 spiro atoms. The van der Waals surface area contributed by atoms with Crippen LogP contribution < -0.4 is 5.73 Å². The van der Waals surface area contributed by atoms with E-state index in [1.54, 1.807) is 6.92 Å². The molecule has 0 aliphatic rings. The second-order valence-electron chi connectivity index (χ2n) is 3.71. The van der Waals surface area contributed by atoms with Crippen molar-refractivity contribution >= 4 is 5.97 Å². The number of carbonyl (C=O) groups excluding carboxylic acids is 1. The molecule has 0 heterocycles. The molecule has 0 aliphatic carbocycles. The Labute approximate surface area is 98.6 Å². The van der Waals surface area contributed by atoms with Crippen LogP contribution in [-0.2, 0) is 16.0 Å². The van der Waals surface area contributed by atoms with E-state index in [9.17, 15) is 13.6 Å². The second kappa shape index (κ2) is 5.72. The van der Waals surface area contributed by atoms with Gasteiger partial charge >= 0.3 is 5.97 Å². The van der Waals surface area contributed by atoms with Gasteiger partial charge in [0.25, 0.3) is 0 Å². The summed E-state index contributed by atoms with van der Waals surface area (Å²) in [5.41, 5.74) is 5.70. The average molecular weight is 243 g/mol. The Balaban J connectivity index is 2.82. The zero-order valence-corrected chi connectivity index (χ0v) is 9.80. The minimum atomic E-state index is -0.936. The third kappa shape index (κ3) is 3.23. The molecule has 0 fully saturated rings. The van der Waals surface area contributed by atoms with Crippen LogP contribution in [0.3, 0.4) is 0 Å². The number of benzene rings is 1. The summed E-state index contributed by atoms with van der Waals surface area (Å²) < 4.78 is 31.3. The fourth-order valence-corrected chi connectivity index (χ4v) is 1.44. The molecule has 3 nitrogen and oxygen atoms in total.